The van der Waals surface area contributed by atoms with Crippen LogP contribution in [-0.2, 0) is 6.54 Å². The second-order valence-corrected chi connectivity index (χ2v) is 5.50. The lowest BCUT2D eigenvalue weighted by molar-refractivity contribution is 0.398. The average Bonchev–Trinajstić information content (AvgIpc) is 2.82. The van der Waals surface area contributed by atoms with E-state index < -0.39 is 0 Å². The summed E-state index contributed by atoms with van der Waals surface area (Å²) in [7, 11) is 1.61. The number of hydrogen-bond acceptors (Lipinski definition) is 4. The topological polar surface area (TPSA) is 65.1 Å². The number of nitrogens with zero attached hydrogens (tertiary/aromatic N) is 2. The highest BCUT2D eigenvalue weighted by Crippen LogP contribution is 2.32. The van der Waals surface area contributed by atoms with E-state index in [1.807, 2.05) is 16.8 Å². The van der Waals surface area contributed by atoms with Gasteiger partial charge in [0.25, 0.3) is 0 Å². The number of ether oxygens (including phenoxy) is 1. The van der Waals surface area contributed by atoms with Crippen LogP contribution in [-0.4, -0.2) is 16.9 Å². The van der Waals surface area contributed by atoms with E-state index in [4.69, 9.17) is 33.8 Å². The number of nitrogens with two attached hydrogens (primary N) is 1. The van der Waals surface area contributed by atoms with Gasteiger partial charge in [-0.05, 0) is 30.2 Å². The molecule has 21 heavy (non-hydrogen) atoms. The molecule has 5 nitrogen and oxygen atoms in total. The Bertz CT molecular complexity index is 595. The molecule has 0 aliphatic carbocycles. The van der Waals surface area contributed by atoms with Crippen molar-refractivity contribution in [1.82, 2.24) is 15.2 Å². The summed E-state index contributed by atoms with van der Waals surface area (Å²) in [6.45, 7) is 2.85. The number of hydrazine groups is 1. The minimum absolute atomic E-state index is 0.315. The molecule has 0 spiro atoms. The molecule has 0 aliphatic heterocycles. The van der Waals surface area contributed by atoms with Crippen molar-refractivity contribution < 1.29 is 4.74 Å². The van der Waals surface area contributed by atoms with Crippen LogP contribution in [0.4, 0.5) is 0 Å². The highest BCUT2D eigenvalue weighted by atomic mass is 35.5. The molecule has 1 atom stereocenters. The Morgan fingerprint density at radius 1 is 1.33 bits per heavy atom. The van der Waals surface area contributed by atoms with Gasteiger partial charge in [0.15, 0.2) is 5.75 Å². The molecule has 2 aromatic rings. The molecule has 114 valence electrons. The SMILES string of the molecule is CCCn1ncc(OC)c1C(NN)c1cc(Cl)cc(Cl)c1. The van der Waals surface area contributed by atoms with Crippen molar-refractivity contribution in [3.05, 3.63) is 45.7 Å². The van der Waals surface area contributed by atoms with Crippen molar-refractivity contribution in [2.75, 3.05) is 7.11 Å². The Labute approximate surface area is 134 Å². The molecule has 7 heteroatoms. The lowest BCUT2D eigenvalue weighted by Gasteiger charge is -2.20. The first kappa shape index (κ1) is 16.1. The van der Waals surface area contributed by atoms with Crippen LogP contribution in [0.3, 0.4) is 0 Å². The van der Waals surface area contributed by atoms with Crippen molar-refractivity contribution in [1.29, 1.82) is 0 Å². The maximum absolute atomic E-state index is 6.08. The van der Waals surface area contributed by atoms with Crippen molar-refractivity contribution in [3.8, 4) is 5.75 Å². The highest BCUT2D eigenvalue weighted by molar-refractivity contribution is 6.34. The Morgan fingerprint density at radius 3 is 2.52 bits per heavy atom. The van der Waals surface area contributed by atoms with E-state index in [0.717, 1.165) is 24.2 Å². The molecule has 1 heterocycles. The first-order chi connectivity index (χ1) is 10.1. The predicted molar refractivity (Wildman–Crippen MR) is 84.7 cm³/mol. The van der Waals surface area contributed by atoms with E-state index in [1.165, 1.54) is 0 Å². The first-order valence-corrected chi connectivity index (χ1v) is 7.38. The summed E-state index contributed by atoms with van der Waals surface area (Å²) >= 11 is 12.2. The van der Waals surface area contributed by atoms with E-state index in [1.54, 1.807) is 19.4 Å². The summed E-state index contributed by atoms with van der Waals surface area (Å²) in [4.78, 5) is 0. The molecular formula is C14H18Cl2N4O. The number of aryl methyl sites for hydroxylation is 1. The van der Waals surface area contributed by atoms with Crippen LogP contribution >= 0.6 is 23.2 Å². The average molecular weight is 329 g/mol. The maximum atomic E-state index is 6.08. The molecule has 1 aromatic carbocycles. The second kappa shape index (κ2) is 7.13. The number of halogens is 2. The zero-order valence-electron chi connectivity index (χ0n) is 11.9. The molecule has 0 aliphatic rings. The van der Waals surface area contributed by atoms with Gasteiger partial charge in [-0.2, -0.15) is 5.10 Å². The summed E-state index contributed by atoms with van der Waals surface area (Å²) in [5.74, 6) is 6.42. The Hall–Kier alpha value is -1.27. The minimum atomic E-state index is -0.315. The number of benzene rings is 1. The normalized spacial score (nSPS) is 12.4. The largest absolute Gasteiger partial charge is 0.493 e. The van der Waals surface area contributed by atoms with E-state index >= 15 is 0 Å². The highest BCUT2D eigenvalue weighted by Gasteiger charge is 2.23. The van der Waals surface area contributed by atoms with Gasteiger partial charge in [-0.25, -0.2) is 5.43 Å². The van der Waals surface area contributed by atoms with Gasteiger partial charge < -0.3 is 4.74 Å². The second-order valence-electron chi connectivity index (χ2n) is 4.62. The molecule has 0 bridgehead atoms. The van der Waals surface area contributed by atoms with E-state index in [2.05, 4.69) is 17.4 Å². The summed E-state index contributed by atoms with van der Waals surface area (Å²) < 4.78 is 7.27. The standard InChI is InChI=1S/C14H18Cl2N4O/c1-3-4-20-14(12(21-2)8-18-20)13(19-17)9-5-10(15)7-11(16)6-9/h5-8,13,19H,3-4,17H2,1-2H3. The predicted octanol–water partition coefficient (Wildman–Crippen LogP) is 3.16. The zero-order chi connectivity index (χ0) is 15.4. The van der Waals surface area contributed by atoms with Gasteiger partial charge in [-0.3, -0.25) is 10.5 Å². The molecule has 0 fully saturated rings. The van der Waals surface area contributed by atoms with Gasteiger partial charge in [-0.1, -0.05) is 30.1 Å². The zero-order valence-corrected chi connectivity index (χ0v) is 13.4. The van der Waals surface area contributed by atoms with Gasteiger partial charge >= 0.3 is 0 Å². The van der Waals surface area contributed by atoms with Crippen LogP contribution in [0, 0.1) is 0 Å². The molecule has 0 amide bonds. The number of hydrogen-bond donors (Lipinski definition) is 2. The molecule has 1 unspecified atom stereocenters. The lowest BCUT2D eigenvalue weighted by atomic mass is 10.0. The van der Waals surface area contributed by atoms with Crippen LogP contribution in [0.25, 0.3) is 0 Å². The lowest BCUT2D eigenvalue weighted by Crippen LogP contribution is -2.31. The summed E-state index contributed by atoms with van der Waals surface area (Å²) in [5.41, 5.74) is 4.49. The van der Waals surface area contributed by atoms with Crippen molar-refractivity contribution >= 4 is 23.2 Å². The molecular weight excluding hydrogens is 311 g/mol. The Balaban J connectivity index is 2.52. The maximum Gasteiger partial charge on any atom is 0.161 e. The van der Waals surface area contributed by atoms with Gasteiger partial charge in [-0.15, -0.1) is 0 Å². The molecule has 3 N–H and O–H groups in total. The quantitative estimate of drug-likeness (QED) is 0.631. The van der Waals surface area contributed by atoms with Gasteiger partial charge in [0.05, 0.1) is 19.3 Å². The number of aromatic nitrogens is 2. The van der Waals surface area contributed by atoms with Crippen molar-refractivity contribution in [2.24, 2.45) is 5.84 Å². The Kier molecular flexibility index (Phi) is 5.47. The fraction of sp³-hybridized carbons (Fsp3) is 0.357. The van der Waals surface area contributed by atoms with Crippen molar-refractivity contribution in [2.45, 2.75) is 25.9 Å². The van der Waals surface area contributed by atoms with Gasteiger partial charge in [0, 0.05) is 16.6 Å². The van der Waals surface area contributed by atoms with Gasteiger partial charge in [0.1, 0.15) is 5.69 Å². The van der Waals surface area contributed by atoms with Crippen LogP contribution in [0.2, 0.25) is 10.0 Å². The third kappa shape index (κ3) is 3.49. The van der Waals surface area contributed by atoms with Crippen LogP contribution in [0.15, 0.2) is 24.4 Å². The fourth-order valence-electron chi connectivity index (χ4n) is 2.29. The molecule has 0 radical (unpaired) electrons. The van der Waals surface area contributed by atoms with Crippen molar-refractivity contribution in [3.63, 3.8) is 0 Å². The van der Waals surface area contributed by atoms with Crippen LogP contribution in [0.1, 0.15) is 30.6 Å². The smallest absolute Gasteiger partial charge is 0.161 e. The molecule has 0 saturated heterocycles. The summed E-state index contributed by atoms with van der Waals surface area (Å²) in [6, 6.07) is 5.01. The monoisotopic (exact) mass is 328 g/mol. The summed E-state index contributed by atoms with van der Waals surface area (Å²) in [6.07, 6.45) is 2.63. The number of rotatable bonds is 6. The van der Waals surface area contributed by atoms with E-state index in [9.17, 15) is 0 Å². The minimum Gasteiger partial charge on any atom is -0.493 e. The molecule has 1 aromatic heterocycles. The summed E-state index contributed by atoms with van der Waals surface area (Å²) in [5, 5.41) is 5.45. The van der Waals surface area contributed by atoms with Gasteiger partial charge in [0.2, 0.25) is 0 Å². The fourth-order valence-corrected chi connectivity index (χ4v) is 2.83. The van der Waals surface area contributed by atoms with Crippen LogP contribution < -0.4 is 16.0 Å². The van der Waals surface area contributed by atoms with E-state index in [0.29, 0.717) is 15.8 Å². The molecule has 2 rings (SSSR count). The van der Waals surface area contributed by atoms with E-state index in [-0.39, 0.29) is 6.04 Å². The number of nitrogens with one attached hydrogen (secondary N) is 1. The molecule has 0 saturated carbocycles. The van der Waals surface area contributed by atoms with Crippen LogP contribution in [0.5, 0.6) is 5.75 Å². The third-order valence-electron chi connectivity index (χ3n) is 3.16. The Morgan fingerprint density at radius 2 is 2.00 bits per heavy atom. The first-order valence-electron chi connectivity index (χ1n) is 6.62. The number of methoxy groups -OCH3 is 1. The third-order valence-corrected chi connectivity index (χ3v) is 3.59.